The molecule has 0 aromatic heterocycles. The Balaban J connectivity index is 2.74. The molecule has 1 rings (SSSR count). The van der Waals surface area contributed by atoms with Crippen LogP contribution in [0.3, 0.4) is 0 Å². The van der Waals surface area contributed by atoms with Gasteiger partial charge in [0.2, 0.25) is 0 Å². The highest BCUT2D eigenvalue weighted by Gasteiger charge is 2.22. The van der Waals surface area contributed by atoms with Crippen molar-refractivity contribution in [3.63, 3.8) is 0 Å². The Morgan fingerprint density at radius 3 is 2.42 bits per heavy atom. The fraction of sp³-hybridized carbons (Fsp3) is 0.429. The Morgan fingerprint density at radius 1 is 1.26 bits per heavy atom. The van der Waals surface area contributed by atoms with Crippen molar-refractivity contribution in [3.05, 3.63) is 35.4 Å². The monoisotopic (exact) mass is 265 g/mol. The van der Waals surface area contributed by atoms with E-state index in [1.807, 2.05) is 19.1 Å². The summed E-state index contributed by atoms with van der Waals surface area (Å²) in [6.07, 6.45) is 0.218. The van der Waals surface area contributed by atoms with Gasteiger partial charge >= 0.3 is 5.97 Å². The number of hydrogen-bond acceptors (Lipinski definition) is 4. The fourth-order valence-electron chi connectivity index (χ4n) is 1.71. The summed E-state index contributed by atoms with van der Waals surface area (Å²) in [6.45, 7) is 2.33. The lowest BCUT2D eigenvalue weighted by Crippen LogP contribution is -2.39. The van der Waals surface area contributed by atoms with Crippen LogP contribution in [0.2, 0.25) is 0 Å². The number of aliphatic hydroxyl groups is 1. The van der Waals surface area contributed by atoms with Crippen LogP contribution in [0.5, 0.6) is 0 Å². The summed E-state index contributed by atoms with van der Waals surface area (Å²) >= 11 is 0. The molecule has 0 amide bonds. The molecule has 0 aliphatic rings. The normalized spacial score (nSPS) is 12.1. The molecular formula is C14H19NO4. The maximum absolute atomic E-state index is 12.2. The van der Waals surface area contributed by atoms with Gasteiger partial charge in [0.25, 0.3) is 0 Å². The molecule has 0 saturated carbocycles. The molecule has 0 fully saturated rings. The topological polar surface area (TPSA) is 86.6 Å². The minimum Gasteiger partial charge on any atom is -0.481 e. The van der Waals surface area contributed by atoms with Crippen LogP contribution < -0.4 is 5.32 Å². The second kappa shape index (κ2) is 7.66. The molecule has 104 valence electrons. The third-order valence-electron chi connectivity index (χ3n) is 2.76. The smallest absolute Gasteiger partial charge is 0.305 e. The summed E-state index contributed by atoms with van der Waals surface area (Å²) in [5.41, 5.74) is 1.54. The van der Waals surface area contributed by atoms with Crippen molar-refractivity contribution < 1.29 is 19.8 Å². The van der Waals surface area contributed by atoms with Gasteiger partial charge in [-0.3, -0.25) is 9.59 Å². The molecule has 0 saturated heterocycles. The summed E-state index contributed by atoms with van der Waals surface area (Å²) in [5.74, 6) is -1.26. The van der Waals surface area contributed by atoms with Gasteiger partial charge in [-0.05, 0) is 19.9 Å². The number of aliphatic hydroxyl groups excluding tert-OH is 1. The molecule has 1 unspecified atom stereocenters. The van der Waals surface area contributed by atoms with E-state index in [9.17, 15) is 9.59 Å². The number of carboxylic acid groups (broad SMARTS) is 1. The van der Waals surface area contributed by atoms with E-state index >= 15 is 0 Å². The van der Waals surface area contributed by atoms with Crippen LogP contribution in [0.25, 0.3) is 0 Å². The van der Waals surface area contributed by atoms with Crippen molar-refractivity contribution in [3.8, 4) is 0 Å². The first kappa shape index (κ1) is 15.3. The molecule has 0 bridgehead atoms. The lowest BCUT2D eigenvalue weighted by Gasteiger charge is -2.15. The van der Waals surface area contributed by atoms with Crippen LogP contribution >= 0.6 is 0 Å². The van der Waals surface area contributed by atoms with E-state index in [2.05, 4.69) is 5.32 Å². The summed E-state index contributed by atoms with van der Waals surface area (Å²) in [7, 11) is 0. The molecule has 0 radical (unpaired) electrons. The first-order valence-corrected chi connectivity index (χ1v) is 6.21. The number of ketones is 1. The standard InChI is InChI=1S/C14H19NO4/c1-10-3-5-11(6-4-10)14(19)12(9-13(17)18)15-7-2-8-16/h3-6,12,15-16H,2,7-9H2,1H3,(H,17,18). The fourth-order valence-corrected chi connectivity index (χ4v) is 1.71. The number of benzene rings is 1. The number of nitrogens with one attached hydrogen (secondary N) is 1. The molecule has 0 spiro atoms. The maximum Gasteiger partial charge on any atom is 0.305 e. The van der Waals surface area contributed by atoms with E-state index in [4.69, 9.17) is 10.2 Å². The predicted octanol–water partition coefficient (Wildman–Crippen LogP) is 0.993. The van der Waals surface area contributed by atoms with Crippen molar-refractivity contribution >= 4 is 11.8 Å². The van der Waals surface area contributed by atoms with Gasteiger partial charge in [0.1, 0.15) is 0 Å². The van der Waals surface area contributed by atoms with E-state index in [0.717, 1.165) is 5.56 Å². The lowest BCUT2D eigenvalue weighted by molar-refractivity contribution is -0.137. The molecule has 5 heteroatoms. The largest absolute Gasteiger partial charge is 0.481 e. The van der Waals surface area contributed by atoms with Crippen LogP contribution in [0.15, 0.2) is 24.3 Å². The van der Waals surface area contributed by atoms with Crippen molar-refractivity contribution in [2.75, 3.05) is 13.2 Å². The van der Waals surface area contributed by atoms with Gasteiger partial charge in [0.05, 0.1) is 12.5 Å². The van der Waals surface area contributed by atoms with Crippen molar-refractivity contribution in [1.29, 1.82) is 0 Å². The van der Waals surface area contributed by atoms with Gasteiger partial charge in [-0.2, -0.15) is 0 Å². The molecule has 0 aliphatic heterocycles. The summed E-state index contributed by atoms with van der Waals surface area (Å²) in [4.78, 5) is 23.0. The zero-order valence-electron chi connectivity index (χ0n) is 10.9. The molecule has 0 heterocycles. The Hall–Kier alpha value is -1.72. The maximum atomic E-state index is 12.2. The van der Waals surface area contributed by atoms with Gasteiger partial charge < -0.3 is 15.5 Å². The zero-order valence-corrected chi connectivity index (χ0v) is 10.9. The minimum atomic E-state index is -1.03. The van der Waals surface area contributed by atoms with Gasteiger partial charge in [-0.1, -0.05) is 29.8 Å². The summed E-state index contributed by atoms with van der Waals surface area (Å²) in [6, 6.07) is 6.27. The average Bonchev–Trinajstić information content (AvgIpc) is 2.37. The highest BCUT2D eigenvalue weighted by molar-refractivity contribution is 6.01. The summed E-state index contributed by atoms with van der Waals surface area (Å²) in [5, 5.41) is 20.4. The van der Waals surface area contributed by atoms with Crippen LogP contribution in [-0.4, -0.2) is 41.2 Å². The molecular weight excluding hydrogens is 246 g/mol. The lowest BCUT2D eigenvalue weighted by atomic mass is 10.0. The zero-order chi connectivity index (χ0) is 14.3. The van der Waals surface area contributed by atoms with Crippen LogP contribution in [0, 0.1) is 6.92 Å². The Morgan fingerprint density at radius 2 is 1.89 bits per heavy atom. The molecule has 0 aliphatic carbocycles. The van der Waals surface area contributed by atoms with E-state index < -0.39 is 12.0 Å². The Labute approximate surface area is 112 Å². The van der Waals surface area contributed by atoms with E-state index in [1.165, 1.54) is 0 Å². The quantitative estimate of drug-likeness (QED) is 0.482. The molecule has 3 N–H and O–H groups in total. The second-order valence-electron chi connectivity index (χ2n) is 4.41. The average molecular weight is 265 g/mol. The Kier molecular flexibility index (Phi) is 6.18. The van der Waals surface area contributed by atoms with E-state index in [-0.39, 0.29) is 18.8 Å². The van der Waals surface area contributed by atoms with Gasteiger partial charge in [-0.15, -0.1) is 0 Å². The SMILES string of the molecule is Cc1ccc(C(=O)C(CC(=O)O)NCCCO)cc1. The van der Waals surface area contributed by atoms with Crippen molar-refractivity contribution in [2.45, 2.75) is 25.8 Å². The highest BCUT2D eigenvalue weighted by atomic mass is 16.4. The molecule has 5 nitrogen and oxygen atoms in total. The van der Waals surface area contributed by atoms with Gasteiger partial charge in [0, 0.05) is 12.2 Å². The first-order valence-electron chi connectivity index (χ1n) is 6.21. The molecule has 1 aromatic rings. The number of carboxylic acids is 1. The van der Waals surface area contributed by atoms with Crippen LogP contribution in [-0.2, 0) is 4.79 Å². The van der Waals surface area contributed by atoms with Crippen molar-refractivity contribution in [1.82, 2.24) is 5.32 Å². The highest BCUT2D eigenvalue weighted by Crippen LogP contribution is 2.08. The molecule has 19 heavy (non-hydrogen) atoms. The number of carbonyl (C=O) groups excluding carboxylic acids is 1. The number of aliphatic carboxylic acids is 1. The Bertz CT molecular complexity index is 428. The molecule has 1 aromatic carbocycles. The number of rotatable bonds is 8. The number of Topliss-reactive ketones (excluding diaryl/α,β-unsaturated/α-hetero) is 1. The minimum absolute atomic E-state index is 0.00547. The van der Waals surface area contributed by atoms with Crippen LogP contribution in [0.4, 0.5) is 0 Å². The summed E-state index contributed by atoms with van der Waals surface area (Å²) < 4.78 is 0. The van der Waals surface area contributed by atoms with E-state index in [0.29, 0.717) is 18.5 Å². The first-order chi connectivity index (χ1) is 9.04. The van der Waals surface area contributed by atoms with Gasteiger partial charge in [-0.25, -0.2) is 0 Å². The van der Waals surface area contributed by atoms with Crippen molar-refractivity contribution in [2.24, 2.45) is 0 Å². The second-order valence-corrected chi connectivity index (χ2v) is 4.41. The van der Waals surface area contributed by atoms with Gasteiger partial charge in [0.15, 0.2) is 5.78 Å². The third-order valence-corrected chi connectivity index (χ3v) is 2.76. The third kappa shape index (κ3) is 5.19. The number of aryl methyl sites for hydroxylation is 1. The number of hydrogen-bond donors (Lipinski definition) is 3. The van der Waals surface area contributed by atoms with E-state index in [1.54, 1.807) is 12.1 Å². The number of carbonyl (C=O) groups is 2. The van der Waals surface area contributed by atoms with Crippen LogP contribution in [0.1, 0.15) is 28.8 Å². The predicted molar refractivity (Wildman–Crippen MR) is 71.3 cm³/mol. The molecule has 1 atom stereocenters.